The molecule has 0 spiro atoms. The summed E-state index contributed by atoms with van der Waals surface area (Å²) in [5.74, 6) is 0.734. The SMILES string of the molecule is C=C1OC1OC. The first-order chi connectivity index (χ1) is 2.84. The van der Waals surface area contributed by atoms with Crippen molar-refractivity contribution in [3.05, 3.63) is 12.3 Å². The van der Waals surface area contributed by atoms with Gasteiger partial charge in [0.05, 0.1) is 0 Å². The van der Waals surface area contributed by atoms with Gasteiger partial charge in [-0.2, -0.15) is 0 Å². The molecule has 0 amide bonds. The van der Waals surface area contributed by atoms with Crippen LogP contribution in [-0.4, -0.2) is 13.4 Å². The topological polar surface area (TPSA) is 21.8 Å². The minimum Gasteiger partial charge on any atom is -0.456 e. The molecule has 2 heteroatoms. The molecule has 1 unspecified atom stereocenters. The van der Waals surface area contributed by atoms with Gasteiger partial charge in [-0.05, 0) is 0 Å². The third-order valence-corrected chi connectivity index (χ3v) is 0.678. The smallest absolute Gasteiger partial charge is 0.257 e. The highest BCUT2D eigenvalue weighted by atomic mass is 16.8. The van der Waals surface area contributed by atoms with Gasteiger partial charge >= 0.3 is 0 Å². The second kappa shape index (κ2) is 0.980. The van der Waals surface area contributed by atoms with E-state index in [0.717, 1.165) is 5.76 Å². The first kappa shape index (κ1) is 3.68. The van der Waals surface area contributed by atoms with Gasteiger partial charge in [-0.3, -0.25) is 0 Å². The van der Waals surface area contributed by atoms with Gasteiger partial charge in [-0.25, -0.2) is 0 Å². The van der Waals surface area contributed by atoms with Crippen molar-refractivity contribution >= 4 is 0 Å². The van der Waals surface area contributed by atoms with E-state index in [0.29, 0.717) is 0 Å². The van der Waals surface area contributed by atoms with E-state index < -0.39 is 0 Å². The van der Waals surface area contributed by atoms with E-state index in [1.807, 2.05) is 0 Å². The average molecular weight is 86.1 g/mol. The van der Waals surface area contributed by atoms with Crippen LogP contribution in [0, 0.1) is 0 Å². The molecular formula is C4H6O2. The van der Waals surface area contributed by atoms with E-state index in [2.05, 4.69) is 16.1 Å². The van der Waals surface area contributed by atoms with Crippen LogP contribution >= 0.6 is 0 Å². The maximum absolute atomic E-state index is 4.65. The Bertz CT molecular complexity index is 77.6. The van der Waals surface area contributed by atoms with E-state index in [9.17, 15) is 0 Å². The van der Waals surface area contributed by atoms with Gasteiger partial charge in [0.15, 0.2) is 5.76 Å². The normalized spacial score (nSPS) is 29.5. The van der Waals surface area contributed by atoms with Gasteiger partial charge in [0.1, 0.15) is 0 Å². The second-order valence-electron chi connectivity index (χ2n) is 1.15. The van der Waals surface area contributed by atoms with Crippen LogP contribution in [0.2, 0.25) is 0 Å². The summed E-state index contributed by atoms with van der Waals surface area (Å²) < 4.78 is 9.30. The van der Waals surface area contributed by atoms with Crippen molar-refractivity contribution in [1.29, 1.82) is 0 Å². The van der Waals surface area contributed by atoms with Crippen molar-refractivity contribution < 1.29 is 9.47 Å². The van der Waals surface area contributed by atoms with Crippen LogP contribution in [0.1, 0.15) is 0 Å². The zero-order valence-electron chi connectivity index (χ0n) is 3.60. The summed E-state index contributed by atoms with van der Waals surface area (Å²) in [5, 5.41) is 0. The predicted molar refractivity (Wildman–Crippen MR) is 21.0 cm³/mol. The molecule has 0 aliphatic carbocycles. The number of methoxy groups -OCH3 is 1. The number of hydrogen-bond donors (Lipinski definition) is 0. The zero-order valence-corrected chi connectivity index (χ0v) is 3.60. The first-order valence-electron chi connectivity index (χ1n) is 1.73. The van der Waals surface area contributed by atoms with E-state index in [4.69, 9.17) is 0 Å². The molecule has 1 saturated heterocycles. The van der Waals surface area contributed by atoms with Gasteiger partial charge < -0.3 is 9.47 Å². The fourth-order valence-electron chi connectivity index (χ4n) is 0.283. The van der Waals surface area contributed by atoms with Crippen LogP contribution in [0.25, 0.3) is 0 Å². The summed E-state index contributed by atoms with van der Waals surface area (Å²) in [6.07, 6.45) is -0.0926. The van der Waals surface area contributed by atoms with Crippen molar-refractivity contribution in [2.75, 3.05) is 7.11 Å². The molecule has 0 radical (unpaired) electrons. The van der Waals surface area contributed by atoms with Crippen LogP contribution in [0.3, 0.4) is 0 Å². The minimum atomic E-state index is -0.0926. The average Bonchev–Trinajstić information content (AvgIpc) is 2.19. The standard InChI is InChI=1S/C4H6O2/c1-3-4(5-2)6-3/h4H,1H2,2H3. The lowest BCUT2D eigenvalue weighted by Crippen LogP contribution is -1.82. The van der Waals surface area contributed by atoms with Gasteiger partial charge in [0, 0.05) is 7.11 Å². The summed E-state index contributed by atoms with van der Waals surface area (Å²) >= 11 is 0. The van der Waals surface area contributed by atoms with E-state index in [-0.39, 0.29) is 6.29 Å². The summed E-state index contributed by atoms with van der Waals surface area (Å²) in [6, 6.07) is 0. The fraction of sp³-hybridized carbons (Fsp3) is 0.500. The van der Waals surface area contributed by atoms with Crippen LogP contribution < -0.4 is 0 Å². The Morgan fingerprint density at radius 1 is 2.00 bits per heavy atom. The molecule has 1 atom stereocenters. The van der Waals surface area contributed by atoms with Gasteiger partial charge in [-0.15, -0.1) is 0 Å². The lowest BCUT2D eigenvalue weighted by atomic mass is 10.7. The Balaban J connectivity index is 2.26. The third kappa shape index (κ3) is 0.389. The van der Waals surface area contributed by atoms with Crippen molar-refractivity contribution in [3.63, 3.8) is 0 Å². The Morgan fingerprint density at radius 3 is 2.50 bits per heavy atom. The quantitative estimate of drug-likeness (QED) is 0.433. The first-order valence-corrected chi connectivity index (χ1v) is 1.73. The molecule has 34 valence electrons. The van der Waals surface area contributed by atoms with Crippen molar-refractivity contribution in [2.24, 2.45) is 0 Å². The molecule has 0 N–H and O–H groups in total. The second-order valence-corrected chi connectivity index (χ2v) is 1.15. The molecule has 1 fully saturated rings. The van der Waals surface area contributed by atoms with Crippen LogP contribution in [-0.2, 0) is 9.47 Å². The monoisotopic (exact) mass is 86.0 g/mol. The summed E-state index contributed by atoms with van der Waals surface area (Å²) in [4.78, 5) is 0. The maximum Gasteiger partial charge on any atom is 0.257 e. The molecule has 6 heavy (non-hydrogen) atoms. The molecule has 2 nitrogen and oxygen atoms in total. The zero-order chi connectivity index (χ0) is 4.57. The van der Waals surface area contributed by atoms with E-state index in [1.54, 1.807) is 7.11 Å². The summed E-state index contributed by atoms with van der Waals surface area (Å²) in [6.45, 7) is 3.47. The molecule has 0 aromatic rings. The van der Waals surface area contributed by atoms with E-state index in [1.165, 1.54) is 0 Å². The van der Waals surface area contributed by atoms with Crippen LogP contribution in [0.5, 0.6) is 0 Å². The minimum absolute atomic E-state index is 0.0926. The Kier molecular flexibility index (Phi) is 0.601. The third-order valence-electron chi connectivity index (χ3n) is 0.678. The number of epoxide rings is 1. The Morgan fingerprint density at radius 2 is 2.50 bits per heavy atom. The molecule has 0 saturated carbocycles. The van der Waals surface area contributed by atoms with Crippen LogP contribution in [0.15, 0.2) is 12.3 Å². The highest BCUT2D eigenvalue weighted by Crippen LogP contribution is 2.23. The molecule has 1 heterocycles. The largest absolute Gasteiger partial charge is 0.456 e. The molecule has 1 rings (SSSR count). The highest BCUT2D eigenvalue weighted by Gasteiger charge is 2.29. The molecule has 0 aromatic heterocycles. The van der Waals surface area contributed by atoms with Gasteiger partial charge in [0.25, 0.3) is 6.29 Å². The number of ether oxygens (including phenoxy) is 2. The Hall–Kier alpha value is -0.500. The molecule has 1 aliphatic heterocycles. The number of hydrogen-bond acceptors (Lipinski definition) is 2. The van der Waals surface area contributed by atoms with Gasteiger partial charge in [-0.1, -0.05) is 6.58 Å². The predicted octanol–water partition coefficient (Wildman–Crippen LogP) is 0.503. The molecule has 0 aromatic carbocycles. The van der Waals surface area contributed by atoms with Crippen molar-refractivity contribution in [1.82, 2.24) is 0 Å². The summed E-state index contributed by atoms with van der Waals surface area (Å²) in [7, 11) is 1.59. The fourth-order valence-corrected chi connectivity index (χ4v) is 0.283. The molecular weight excluding hydrogens is 80.0 g/mol. The van der Waals surface area contributed by atoms with Crippen molar-refractivity contribution in [3.8, 4) is 0 Å². The molecule has 0 bridgehead atoms. The summed E-state index contributed by atoms with van der Waals surface area (Å²) in [5.41, 5.74) is 0. The number of rotatable bonds is 1. The van der Waals surface area contributed by atoms with E-state index >= 15 is 0 Å². The van der Waals surface area contributed by atoms with Crippen molar-refractivity contribution in [2.45, 2.75) is 6.29 Å². The Labute approximate surface area is 36.4 Å². The maximum atomic E-state index is 4.65. The highest BCUT2D eigenvalue weighted by molar-refractivity contribution is 5.01. The lowest BCUT2D eigenvalue weighted by molar-refractivity contribution is 0.0950. The van der Waals surface area contributed by atoms with Gasteiger partial charge in [0.2, 0.25) is 0 Å². The lowest BCUT2D eigenvalue weighted by Gasteiger charge is -1.75. The van der Waals surface area contributed by atoms with Crippen LogP contribution in [0.4, 0.5) is 0 Å². The molecule has 1 aliphatic rings.